The maximum atomic E-state index is 12.6. The molecule has 0 aliphatic carbocycles. The summed E-state index contributed by atoms with van der Waals surface area (Å²) in [6.07, 6.45) is 5.75. The number of hydrogen-bond donors (Lipinski definition) is 1. The molecule has 0 bridgehead atoms. The molecule has 1 unspecified atom stereocenters. The summed E-state index contributed by atoms with van der Waals surface area (Å²) in [5.41, 5.74) is 2.65. The first-order valence-corrected chi connectivity index (χ1v) is 14.4. The van der Waals surface area contributed by atoms with E-state index in [0.717, 1.165) is 81.3 Å². The minimum absolute atomic E-state index is 0.108. The van der Waals surface area contributed by atoms with Crippen LogP contribution in [-0.2, 0) is 21.4 Å². The fourth-order valence-electron chi connectivity index (χ4n) is 6.05. The number of likely N-dealkylation sites (N-methyl/N-ethyl adjacent to an activating group) is 1. The summed E-state index contributed by atoms with van der Waals surface area (Å²) in [6.45, 7) is 10.5. The molecule has 1 N–H and O–H groups in total. The van der Waals surface area contributed by atoms with E-state index in [9.17, 15) is 14.4 Å². The van der Waals surface area contributed by atoms with E-state index in [1.165, 1.54) is 5.56 Å². The van der Waals surface area contributed by atoms with Gasteiger partial charge in [-0.05, 0) is 89.4 Å². The number of benzene rings is 1. The number of rotatable bonds is 8. The van der Waals surface area contributed by atoms with Crippen LogP contribution in [0.4, 0.5) is 4.79 Å². The van der Waals surface area contributed by atoms with Gasteiger partial charge < -0.3 is 24.6 Å². The van der Waals surface area contributed by atoms with Crippen LogP contribution in [0.5, 0.6) is 0 Å². The van der Waals surface area contributed by atoms with Gasteiger partial charge in [-0.3, -0.25) is 9.48 Å². The molecule has 0 radical (unpaired) electrons. The highest BCUT2D eigenvalue weighted by atomic mass is 16.6. The number of carbonyl (C=O) groups is 3. The Hall–Kier alpha value is -2.94. The van der Waals surface area contributed by atoms with Crippen molar-refractivity contribution in [1.29, 1.82) is 0 Å². The number of aryl methyl sites for hydroxylation is 1. The van der Waals surface area contributed by atoms with Gasteiger partial charge in [0.2, 0.25) is 5.91 Å². The second-order valence-electron chi connectivity index (χ2n) is 12.2. The predicted molar refractivity (Wildman–Crippen MR) is 152 cm³/mol. The number of carbonyl (C=O) groups excluding carboxylic acids is 3. The Morgan fingerprint density at radius 1 is 1.13 bits per heavy atom. The molecule has 1 aromatic heterocycles. The molecule has 2 fully saturated rings. The lowest BCUT2D eigenvalue weighted by molar-refractivity contribution is -0.122. The highest BCUT2D eigenvalue weighted by Crippen LogP contribution is 2.34. The molecule has 2 aromatic rings. The van der Waals surface area contributed by atoms with Crippen molar-refractivity contribution in [2.24, 2.45) is 13.0 Å². The van der Waals surface area contributed by atoms with E-state index in [1.807, 2.05) is 37.4 Å². The molecule has 9 heteroatoms. The standard InChI is InChI=1S/C30H45N5O4/c1-30(2,3)39-29(38)35-16-10-21(11-17-35)20-34-14-12-22(13-15-34)23-8-9-24-26(19-23)33(5)32-27(24)25(7-6-18-36)28(37)31-4/h8-9,18-19,21-22,25H,6-7,10-17,20H2,1-5H3,(H,31,37). The first-order chi connectivity index (χ1) is 18.6. The molecule has 2 aliphatic rings. The number of amides is 2. The van der Waals surface area contributed by atoms with Crippen molar-refractivity contribution in [3.8, 4) is 0 Å². The van der Waals surface area contributed by atoms with Gasteiger partial charge in [-0.15, -0.1) is 0 Å². The molecule has 214 valence electrons. The second kappa shape index (κ2) is 12.5. The number of nitrogens with one attached hydrogen (secondary N) is 1. The number of aldehydes is 1. The number of fused-ring (bicyclic) bond motifs is 1. The first-order valence-electron chi connectivity index (χ1n) is 14.4. The molecule has 1 atom stereocenters. The van der Waals surface area contributed by atoms with Crippen molar-refractivity contribution in [1.82, 2.24) is 24.9 Å². The van der Waals surface area contributed by atoms with Crippen LogP contribution in [0.15, 0.2) is 18.2 Å². The Morgan fingerprint density at radius 2 is 1.82 bits per heavy atom. The monoisotopic (exact) mass is 539 g/mol. The molecule has 3 heterocycles. The Labute approximate surface area is 232 Å². The lowest BCUT2D eigenvalue weighted by atomic mass is 9.87. The van der Waals surface area contributed by atoms with Crippen LogP contribution in [0.2, 0.25) is 0 Å². The van der Waals surface area contributed by atoms with Crippen molar-refractivity contribution >= 4 is 29.2 Å². The van der Waals surface area contributed by atoms with Gasteiger partial charge in [0, 0.05) is 45.5 Å². The molecule has 2 saturated heterocycles. The van der Waals surface area contributed by atoms with Crippen LogP contribution in [0.25, 0.3) is 10.9 Å². The summed E-state index contributed by atoms with van der Waals surface area (Å²) in [6, 6.07) is 6.54. The fraction of sp³-hybridized carbons (Fsp3) is 0.667. The number of ether oxygens (including phenoxy) is 1. The Kier molecular flexibility index (Phi) is 9.31. The predicted octanol–water partition coefficient (Wildman–Crippen LogP) is 4.21. The van der Waals surface area contributed by atoms with Gasteiger partial charge in [-0.25, -0.2) is 4.79 Å². The molecule has 1 aromatic carbocycles. The molecule has 4 rings (SSSR count). The molecule has 39 heavy (non-hydrogen) atoms. The van der Waals surface area contributed by atoms with Crippen LogP contribution in [0.1, 0.15) is 82.4 Å². The van der Waals surface area contributed by atoms with E-state index < -0.39 is 11.5 Å². The highest BCUT2D eigenvalue weighted by molar-refractivity contribution is 5.91. The van der Waals surface area contributed by atoms with Gasteiger partial charge in [0.05, 0.1) is 17.1 Å². The average Bonchev–Trinajstić information content (AvgIpc) is 3.24. The minimum Gasteiger partial charge on any atom is -0.444 e. The lowest BCUT2D eigenvalue weighted by Gasteiger charge is -2.38. The molecular weight excluding hydrogens is 494 g/mol. The molecule has 0 spiro atoms. The number of likely N-dealkylation sites (tertiary alicyclic amines) is 2. The Bertz CT molecular complexity index is 1150. The van der Waals surface area contributed by atoms with E-state index >= 15 is 0 Å². The van der Waals surface area contributed by atoms with Crippen molar-refractivity contribution in [2.45, 2.75) is 76.7 Å². The maximum Gasteiger partial charge on any atom is 0.410 e. The maximum absolute atomic E-state index is 12.6. The zero-order valence-electron chi connectivity index (χ0n) is 24.2. The van der Waals surface area contributed by atoms with Crippen molar-refractivity contribution < 1.29 is 19.1 Å². The Balaban J connectivity index is 1.32. The van der Waals surface area contributed by atoms with Crippen LogP contribution in [-0.4, -0.2) is 83.2 Å². The van der Waals surface area contributed by atoms with E-state index in [0.29, 0.717) is 24.7 Å². The third-order valence-corrected chi connectivity index (χ3v) is 8.21. The van der Waals surface area contributed by atoms with Gasteiger partial charge in [0.15, 0.2) is 0 Å². The summed E-state index contributed by atoms with van der Waals surface area (Å²) in [5.74, 6) is 0.581. The molecular formula is C30H45N5O4. The quantitative estimate of drug-likeness (QED) is 0.505. The third kappa shape index (κ3) is 7.18. The van der Waals surface area contributed by atoms with E-state index in [-0.39, 0.29) is 12.0 Å². The normalized spacial score (nSPS) is 18.7. The van der Waals surface area contributed by atoms with Crippen molar-refractivity contribution in [3.63, 3.8) is 0 Å². The zero-order valence-corrected chi connectivity index (χ0v) is 24.2. The zero-order chi connectivity index (χ0) is 28.2. The summed E-state index contributed by atoms with van der Waals surface area (Å²) >= 11 is 0. The van der Waals surface area contributed by atoms with Gasteiger partial charge in [-0.1, -0.05) is 12.1 Å². The van der Waals surface area contributed by atoms with Gasteiger partial charge in [-0.2, -0.15) is 5.10 Å². The van der Waals surface area contributed by atoms with E-state index in [2.05, 4.69) is 28.4 Å². The first kappa shape index (κ1) is 29.1. The molecule has 2 amide bonds. The van der Waals surface area contributed by atoms with E-state index in [1.54, 1.807) is 7.05 Å². The van der Waals surface area contributed by atoms with Gasteiger partial charge in [0.1, 0.15) is 11.9 Å². The van der Waals surface area contributed by atoms with Gasteiger partial charge in [0.25, 0.3) is 0 Å². The lowest BCUT2D eigenvalue weighted by Crippen LogP contribution is -2.44. The van der Waals surface area contributed by atoms with E-state index in [4.69, 9.17) is 9.84 Å². The molecule has 0 saturated carbocycles. The highest BCUT2D eigenvalue weighted by Gasteiger charge is 2.30. The minimum atomic E-state index is -0.451. The molecule has 9 nitrogen and oxygen atoms in total. The number of piperidine rings is 2. The van der Waals surface area contributed by atoms with Crippen LogP contribution >= 0.6 is 0 Å². The SMILES string of the molecule is CNC(=O)C(CCC=O)c1nn(C)c2cc(C3CCN(CC4CCN(C(=O)OC(C)(C)C)CC4)CC3)ccc12. The van der Waals surface area contributed by atoms with Crippen molar-refractivity contribution in [2.75, 3.05) is 39.8 Å². The van der Waals surface area contributed by atoms with Crippen LogP contribution < -0.4 is 5.32 Å². The summed E-state index contributed by atoms with van der Waals surface area (Å²) in [5, 5.41) is 8.42. The Morgan fingerprint density at radius 3 is 2.44 bits per heavy atom. The van der Waals surface area contributed by atoms with Crippen molar-refractivity contribution in [3.05, 3.63) is 29.5 Å². The van der Waals surface area contributed by atoms with Gasteiger partial charge >= 0.3 is 6.09 Å². The molecule has 2 aliphatic heterocycles. The number of hydrogen-bond acceptors (Lipinski definition) is 6. The smallest absolute Gasteiger partial charge is 0.410 e. The number of aromatic nitrogens is 2. The second-order valence-corrected chi connectivity index (χ2v) is 12.2. The summed E-state index contributed by atoms with van der Waals surface area (Å²) in [4.78, 5) is 40.3. The topological polar surface area (TPSA) is 96.8 Å². The number of nitrogens with zero attached hydrogens (tertiary/aromatic N) is 4. The third-order valence-electron chi connectivity index (χ3n) is 8.21. The van der Waals surface area contributed by atoms with Crippen LogP contribution in [0.3, 0.4) is 0 Å². The summed E-state index contributed by atoms with van der Waals surface area (Å²) < 4.78 is 7.40. The fourth-order valence-corrected chi connectivity index (χ4v) is 6.05. The average molecular weight is 540 g/mol. The summed E-state index contributed by atoms with van der Waals surface area (Å²) in [7, 11) is 3.55. The van der Waals surface area contributed by atoms with Crippen LogP contribution in [0, 0.1) is 5.92 Å². The largest absolute Gasteiger partial charge is 0.444 e.